The lowest BCUT2D eigenvalue weighted by Gasteiger charge is -2.10. The number of hydrogen-bond acceptors (Lipinski definition) is 6. The van der Waals surface area contributed by atoms with Crippen molar-refractivity contribution in [2.75, 3.05) is 5.32 Å². The van der Waals surface area contributed by atoms with Crippen LogP contribution in [0.1, 0.15) is 21.7 Å². The maximum atomic E-state index is 12.9. The Balaban J connectivity index is 1.67. The molecule has 2 aromatic carbocycles. The molecule has 0 bridgehead atoms. The molecule has 0 aliphatic carbocycles. The average Bonchev–Trinajstić information content (AvgIpc) is 3.14. The number of nitro groups is 1. The first-order valence-electron chi connectivity index (χ1n) is 9.27. The third kappa shape index (κ3) is 4.34. The zero-order chi connectivity index (χ0) is 23.0. The molecule has 32 heavy (non-hydrogen) atoms. The van der Waals surface area contributed by atoms with Crippen LogP contribution in [0.25, 0.3) is 5.65 Å². The molecule has 1 N–H and O–H groups in total. The van der Waals surface area contributed by atoms with Crippen LogP contribution in [-0.2, 0) is 0 Å². The summed E-state index contributed by atoms with van der Waals surface area (Å²) < 4.78 is 7.24. The Kier molecular flexibility index (Phi) is 5.68. The van der Waals surface area contributed by atoms with E-state index in [1.165, 1.54) is 36.5 Å². The van der Waals surface area contributed by atoms with E-state index in [1.807, 2.05) is 19.9 Å². The minimum Gasteiger partial charge on any atom is -0.455 e. The number of carbonyl (C=O) groups is 1. The van der Waals surface area contributed by atoms with E-state index in [-0.39, 0.29) is 33.5 Å². The number of benzene rings is 2. The standard InChI is InChI=1S/C21H15Cl2N5O4/c1-11-5-12(2)27-20(25-11)17(10-24-27)21(29)26-14-7-15(28(30)31)9-16(8-14)32-19-4-3-13(22)6-18(19)23/h3-10H,1-2H3,(H,26,29). The molecule has 2 aromatic heterocycles. The third-order valence-corrected chi connectivity index (χ3v) is 5.03. The first kappa shape index (κ1) is 21.5. The number of anilines is 1. The molecule has 0 aliphatic heterocycles. The van der Waals surface area contributed by atoms with Crippen LogP contribution < -0.4 is 10.1 Å². The topological polar surface area (TPSA) is 112 Å². The van der Waals surface area contributed by atoms with Crippen molar-refractivity contribution in [2.24, 2.45) is 0 Å². The second kappa shape index (κ2) is 8.45. The van der Waals surface area contributed by atoms with Crippen molar-refractivity contribution in [1.29, 1.82) is 0 Å². The average molecular weight is 472 g/mol. The Hall–Kier alpha value is -3.69. The summed E-state index contributed by atoms with van der Waals surface area (Å²) in [7, 11) is 0. The molecule has 4 rings (SSSR count). The monoisotopic (exact) mass is 471 g/mol. The van der Waals surface area contributed by atoms with Gasteiger partial charge in [0, 0.05) is 28.5 Å². The minimum atomic E-state index is -0.588. The molecule has 0 radical (unpaired) electrons. The van der Waals surface area contributed by atoms with Gasteiger partial charge in [-0.2, -0.15) is 5.10 Å². The SMILES string of the molecule is Cc1cc(C)n2ncc(C(=O)Nc3cc(Oc4ccc(Cl)cc4Cl)cc([N+](=O)[O-])c3)c2n1. The van der Waals surface area contributed by atoms with E-state index < -0.39 is 10.8 Å². The zero-order valence-electron chi connectivity index (χ0n) is 16.8. The molecule has 4 aromatic rings. The number of rotatable bonds is 5. The maximum Gasteiger partial charge on any atom is 0.275 e. The van der Waals surface area contributed by atoms with Crippen LogP contribution in [0, 0.1) is 24.0 Å². The fourth-order valence-electron chi connectivity index (χ4n) is 3.13. The Bertz CT molecular complexity index is 1390. The molecule has 0 fully saturated rings. The summed E-state index contributed by atoms with van der Waals surface area (Å²) in [6, 6.07) is 10.3. The highest BCUT2D eigenvalue weighted by Crippen LogP contribution is 2.34. The lowest BCUT2D eigenvalue weighted by molar-refractivity contribution is -0.384. The first-order valence-corrected chi connectivity index (χ1v) is 10.0. The summed E-state index contributed by atoms with van der Waals surface area (Å²) in [5.41, 5.74) is 2.05. The highest BCUT2D eigenvalue weighted by Gasteiger charge is 2.18. The molecular weight excluding hydrogens is 457 g/mol. The Morgan fingerprint density at radius 1 is 1.16 bits per heavy atom. The Labute approximate surface area is 191 Å². The summed E-state index contributed by atoms with van der Waals surface area (Å²) in [6.07, 6.45) is 1.40. The van der Waals surface area contributed by atoms with Gasteiger partial charge < -0.3 is 10.1 Å². The number of nitro benzene ring substituents is 1. The molecule has 1 amide bonds. The molecule has 11 heteroatoms. The fourth-order valence-corrected chi connectivity index (χ4v) is 3.58. The van der Waals surface area contributed by atoms with Gasteiger partial charge >= 0.3 is 0 Å². The predicted octanol–water partition coefficient (Wildman–Crippen LogP) is 5.61. The van der Waals surface area contributed by atoms with Gasteiger partial charge in [0.1, 0.15) is 17.1 Å². The van der Waals surface area contributed by atoms with E-state index in [0.29, 0.717) is 10.7 Å². The lowest BCUT2D eigenvalue weighted by Crippen LogP contribution is -2.12. The minimum absolute atomic E-state index is 0.114. The number of non-ortho nitro benzene ring substituents is 1. The zero-order valence-corrected chi connectivity index (χ0v) is 18.3. The molecule has 162 valence electrons. The fraction of sp³-hybridized carbons (Fsp3) is 0.0952. The smallest absolute Gasteiger partial charge is 0.275 e. The van der Waals surface area contributed by atoms with Crippen molar-refractivity contribution < 1.29 is 14.5 Å². The van der Waals surface area contributed by atoms with E-state index >= 15 is 0 Å². The highest BCUT2D eigenvalue weighted by molar-refractivity contribution is 6.35. The number of nitrogens with zero attached hydrogens (tertiary/aromatic N) is 4. The van der Waals surface area contributed by atoms with Crippen LogP contribution >= 0.6 is 23.2 Å². The van der Waals surface area contributed by atoms with E-state index in [4.69, 9.17) is 27.9 Å². The summed E-state index contributed by atoms with van der Waals surface area (Å²) in [5, 5.41) is 18.9. The quantitative estimate of drug-likeness (QED) is 0.299. The second-order valence-electron chi connectivity index (χ2n) is 6.94. The molecule has 0 aliphatic rings. The van der Waals surface area contributed by atoms with Crippen LogP contribution in [0.3, 0.4) is 0 Å². The molecular formula is C21H15Cl2N5O4. The van der Waals surface area contributed by atoms with Gasteiger partial charge in [-0.05, 0) is 38.1 Å². The van der Waals surface area contributed by atoms with E-state index in [0.717, 1.165) is 11.4 Å². The summed E-state index contributed by atoms with van der Waals surface area (Å²) in [4.78, 5) is 28.1. The van der Waals surface area contributed by atoms with Gasteiger partial charge in [-0.3, -0.25) is 14.9 Å². The number of ether oxygens (including phenoxy) is 1. The van der Waals surface area contributed by atoms with E-state index in [2.05, 4.69) is 15.4 Å². The Morgan fingerprint density at radius 3 is 2.66 bits per heavy atom. The lowest BCUT2D eigenvalue weighted by atomic mass is 10.2. The normalized spacial score (nSPS) is 10.9. The summed E-state index contributed by atoms with van der Waals surface area (Å²) in [6.45, 7) is 3.66. The van der Waals surface area contributed by atoms with Crippen LogP contribution in [0.15, 0.2) is 48.7 Å². The molecule has 0 atom stereocenters. The first-order chi connectivity index (χ1) is 15.2. The third-order valence-electron chi connectivity index (χ3n) is 4.50. The maximum absolute atomic E-state index is 12.9. The van der Waals surface area contributed by atoms with Crippen molar-refractivity contribution in [3.05, 3.63) is 85.8 Å². The van der Waals surface area contributed by atoms with Gasteiger partial charge in [0.05, 0.1) is 27.9 Å². The number of carbonyl (C=O) groups excluding carboxylic acids is 1. The second-order valence-corrected chi connectivity index (χ2v) is 7.78. The molecule has 2 heterocycles. The summed E-state index contributed by atoms with van der Waals surface area (Å²) >= 11 is 12.0. The number of fused-ring (bicyclic) bond motifs is 1. The molecule has 0 spiro atoms. The molecule has 9 nitrogen and oxygen atoms in total. The van der Waals surface area contributed by atoms with Gasteiger partial charge in [-0.25, -0.2) is 9.50 Å². The van der Waals surface area contributed by atoms with Gasteiger partial charge in [-0.15, -0.1) is 0 Å². The van der Waals surface area contributed by atoms with Gasteiger partial charge in [0.2, 0.25) is 0 Å². The number of nitrogens with one attached hydrogen (secondary N) is 1. The predicted molar refractivity (Wildman–Crippen MR) is 120 cm³/mol. The van der Waals surface area contributed by atoms with Crippen molar-refractivity contribution in [1.82, 2.24) is 14.6 Å². The van der Waals surface area contributed by atoms with Gasteiger partial charge in [-0.1, -0.05) is 23.2 Å². The summed E-state index contributed by atoms with van der Waals surface area (Å²) in [5.74, 6) is -0.150. The number of hydrogen-bond donors (Lipinski definition) is 1. The van der Waals surface area contributed by atoms with Crippen LogP contribution in [-0.4, -0.2) is 25.4 Å². The van der Waals surface area contributed by atoms with E-state index in [9.17, 15) is 14.9 Å². The van der Waals surface area contributed by atoms with Crippen molar-refractivity contribution in [3.63, 3.8) is 0 Å². The molecule has 0 saturated carbocycles. The number of amides is 1. The number of halogens is 2. The van der Waals surface area contributed by atoms with Crippen LogP contribution in [0.5, 0.6) is 11.5 Å². The van der Waals surface area contributed by atoms with Crippen LogP contribution in [0.4, 0.5) is 11.4 Å². The van der Waals surface area contributed by atoms with Gasteiger partial charge in [0.15, 0.2) is 5.65 Å². The largest absolute Gasteiger partial charge is 0.455 e. The highest BCUT2D eigenvalue weighted by atomic mass is 35.5. The molecule has 0 saturated heterocycles. The van der Waals surface area contributed by atoms with Crippen LogP contribution in [0.2, 0.25) is 10.0 Å². The van der Waals surface area contributed by atoms with Crippen molar-refractivity contribution in [2.45, 2.75) is 13.8 Å². The van der Waals surface area contributed by atoms with Gasteiger partial charge in [0.25, 0.3) is 11.6 Å². The van der Waals surface area contributed by atoms with Crippen molar-refractivity contribution in [3.8, 4) is 11.5 Å². The number of aromatic nitrogens is 3. The molecule has 0 unspecified atom stereocenters. The van der Waals surface area contributed by atoms with E-state index in [1.54, 1.807) is 10.6 Å². The number of aryl methyl sites for hydroxylation is 2. The van der Waals surface area contributed by atoms with Crippen molar-refractivity contribution >= 4 is 46.1 Å². The Morgan fingerprint density at radius 2 is 1.94 bits per heavy atom.